The Morgan fingerprint density at radius 2 is 2.11 bits per heavy atom. The molecule has 1 fully saturated rings. The fourth-order valence-electron chi connectivity index (χ4n) is 2.93. The lowest BCUT2D eigenvalue weighted by Crippen LogP contribution is -2.39. The molecule has 1 aliphatic rings. The molecule has 0 spiro atoms. The second kappa shape index (κ2) is 6.96. The van der Waals surface area contributed by atoms with Gasteiger partial charge in [-0.3, -0.25) is 4.68 Å². The van der Waals surface area contributed by atoms with Gasteiger partial charge >= 0.3 is 0 Å². The van der Waals surface area contributed by atoms with E-state index < -0.39 is 0 Å². The molecule has 19 heavy (non-hydrogen) atoms. The smallest absolute Gasteiger partial charge is 0.0860 e. The largest absolute Gasteiger partial charge is 0.308 e. The van der Waals surface area contributed by atoms with Crippen molar-refractivity contribution in [3.63, 3.8) is 0 Å². The van der Waals surface area contributed by atoms with Gasteiger partial charge in [-0.1, -0.05) is 24.4 Å². The molecule has 1 aliphatic carbocycles. The van der Waals surface area contributed by atoms with E-state index in [1.807, 2.05) is 11.6 Å². The van der Waals surface area contributed by atoms with Crippen molar-refractivity contribution < 1.29 is 0 Å². The summed E-state index contributed by atoms with van der Waals surface area (Å²) in [5.74, 6) is 1.34. The highest BCUT2D eigenvalue weighted by Crippen LogP contribution is 2.26. The second-order valence-corrected chi connectivity index (χ2v) is 6.03. The zero-order valence-corrected chi connectivity index (χ0v) is 13.3. The van der Waals surface area contributed by atoms with Crippen molar-refractivity contribution >= 4 is 23.2 Å². The third kappa shape index (κ3) is 3.45. The van der Waals surface area contributed by atoms with E-state index in [2.05, 4.69) is 17.3 Å². The van der Waals surface area contributed by atoms with Crippen molar-refractivity contribution in [2.45, 2.75) is 58.7 Å². The number of rotatable bonds is 5. The molecule has 1 heterocycles. The highest BCUT2D eigenvalue weighted by Gasteiger charge is 2.24. The molecule has 1 saturated carbocycles. The molecule has 2 rings (SSSR count). The van der Waals surface area contributed by atoms with Crippen LogP contribution < -0.4 is 5.32 Å². The summed E-state index contributed by atoms with van der Waals surface area (Å²) in [6.07, 6.45) is 5.06. The number of nitrogens with zero attached hydrogens (tertiary/aromatic N) is 2. The monoisotopic (exact) mass is 303 g/mol. The second-order valence-electron chi connectivity index (χ2n) is 5.35. The van der Waals surface area contributed by atoms with Gasteiger partial charge in [-0.05, 0) is 32.6 Å². The lowest BCUT2D eigenvalue weighted by atomic mass is 9.86. The predicted octanol–water partition coefficient (Wildman–Crippen LogP) is 3.75. The van der Waals surface area contributed by atoms with Crippen molar-refractivity contribution in [2.75, 3.05) is 5.88 Å². The predicted molar refractivity (Wildman–Crippen MR) is 81.0 cm³/mol. The highest BCUT2D eigenvalue weighted by atomic mass is 35.5. The summed E-state index contributed by atoms with van der Waals surface area (Å²) in [6.45, 7) is 5.69. The maximum absolute atomic E-state index is 6.33. The molecule has 0 aliphatic heterocycles. The Bertz CT molecular complexity index is 417. The van der Waals surface area contributed by atoms with E-state index >= 15 is 0 Å². The fourth-order valence-corrected chi connectivity index (χ4v) is 3.50. The van der Waals surface area contributed by atoms with Crippen LogP contribution in [-0.4, -0.2) is 21.7 Å². The Morgan fingerprint density at radius 1 is 1.37 bits per heavy atom. The average molecular weight is 304 g/mol. The fraction of sp³-hybridized carbons (Fsp3) is 0.786. The van der Waals surface area contributed by atoms with Gasteiger partial charge in [0, 0.05) is 25.0 Å². The van der Waals surface area contributed by atoms with E-state index in [0.717, 1.165) is 35.4 Å². The molecule has 2 unspecified atom stereocenters. The average Bonchev–Trinajstić information content (AvgIpc) is 2.72. The van der Waals surface area contributed by atoms with Gasteiger partial charge in [0.15, 0.2) is 0 Å². The zero-order chi connectivity index (χ0) is 13.8. The number of halogens is 2. The Labute approximate surface area is 125 Å². The van der Waals surface area contributed by atoms with Crippen molar-refractivity contribution in [2.24, 2.45) is 5.92 Å². The van der Waals surface area contributed by atoms with E-state index in [1.165, 1.54) is 25.7 Å². The maximum atomic E-state index is 6.33. The molecule has 0 saturated heterocycles. The van der Waals surface area contributed by atoms with Gasteiger partial charge in [0.05, 0.1) is 16.4 Å². The third-order valence-corrected chi connectivity index (χ3v) is 4.98. The topological polar surface area (TPSA) is 29.9 Å². The summed E-state index contributed by atoms with van der Waals surface area (Å²) >= 11 is 12.4. The zero-order valence-electron chi connectivity index (χ0n) is 11.8. The molecule has 0 bridgehead atoms. The van der Waals surface area contributed by atoms with Gasteiger partial charge in [0.25, 0.3) is 0 Å². The molecule has 1 aromatic heterocycles. The van der Waals surface area contributed by atoms with Crippen LogP contribution in [0.1, 0.15) is 44.0 Å². The molecule has 108 valence electrons. The van der Waals surface area contributed by atoms with Crippen LogP contribution in [0.2, 0.25) is 5.02 Å². The van der Waals surface area contributed by atoms with Crippen LogP contribution in [0.5, 0.6) is 0 Å². The van der Waals surface area contributed by atoms with E-state index in [-0.39, 0.29) is 0 Å². The van der Waals surface area contributed by atoms with Crippen LogP contribution >= 0.6 is 23.2 Å². The van der Waals surface area contributed by atoms with Crippen LogP contribution in [0.4, 0.5) is 0 Å². The normalized spacial score (nSPS) is 23.8. The van der Waals surface area contributed by atoms with Crippen LogP contribution in [0.25, 0.3) is 0 Å². The van der Waals surface area contributed by atoms with E-state index in [0.29, 0.717) is 12.0 Å². The first-order valence-corrected chi connectivity index (χ1v) is 8.09. The maximum Gasteiger partial charge on any atom is 0.0860 e. The van der Waals surface area contributed by atoms with Gasteiger partial charge in [0.2, 0.25) is 0 Å². The summed E-state index contributed by atoms with van der Waals surface area (Å²) < 4.78 is 1.99. The molecule has 3 nitrogen and oxygen atoms in total. The molecule has 1 aromatic rings. The standard InChI is InChI=1S/C14H23Cl2N3/c1-3-19-13(14(16)10(2)18-19)9-17-12-7-5-4-6-11(12)8-15/h11-12,17H,3-9H2,1-2H3. The summed E-state index contributed by atoms with van der Waals surface area (Å²) in [7, 11) is 0. The summed E-state index contributed by atoms with van der Waals surface area (Å²) in [6, 6.07) is 0.517. The Balaban J connectivity index is 2.01. The number of aromatic nitrogens is 2. The Kier molecular flexibility index (Phi) is 5.55. The summed E-state index contributed by atoms with van der Waals surface area (Å²) in [4.78, 5) is 0. The number of hydrogen-bond acceptors (Lipinski definition) is 2. The van der Waals surface area contributed by atoms with Gasteiger partial charge in [0.1, 0.15) is 0 Å². The lowest BCUT2D eigenvalue weighted by molar-refractivity contribution is 0.280. The molecular weight excluding hydrogens is 281 g/mol. The summed E-state index contributed by atoms with van der Waals surface area (Å²) in [5.41, 5.74) is 2.01. The minimum Gasteiger partial charge on any atom is -0.308 e. The van der Waals surface area contributed by atoms with Crippen molar-refractivity contribution in [1.29, 1.82) is 0 Å². The van der Waals surface area contributed by atoms with Gasteiger partial charge in [-0.15, -0.1) is 11.6 Å². The van der Waals surface area contributed by atoms with Gasteiger partial charge in [-0.25, -0.2) is 0 Å². The molecule has 0 aromatic carbocycles. The third-order valence-electron chi connectivity index (χ3n) is 4.09. The Morgan fingerprint density at radius 3 is 2.79 bits per heavy atom. The van der Waals surface area contributed by atoms with Crippen LogP contribution in [0.15, 0.2) is 0 Å². The first-order valence-electron chi connectivity index (χ1n) is 7.18. The first kappa shape index (κ1) is 15.1. The molecule has 2 atom stereocenters. The molecule has 1 N–H and O–H groups in total. The van der Waals surface area contributed by atoms with Crippen LogP contribution in [-0.2, 0) is 13.1 Å². The number of nitrogens with one attached hydrogen (secondary N) is 1. The molecule has 0 radical (unpaired) electrons. The van der Waals surface area contributed by atoms with Gasteiger partial charge < -0.3 is 5.32 Å². The number of alkyl halides is 1. The minimum absolute atomic E-state index is 0.517. The van der Waals surface area contributed by atoms with Crippen LogP contribution in [0, 0.1) is 12.8 Å². The van der Waals surface area contributed by atoms with Crippen molar-refractivity contribution in [3.05, 3.63) is 16.4 Å². The first-order chi connectivity index (χ1) is 9.17. The lowest BCUT2D eigenvalue weighted by Gasteiger charge is -2.31. The van der Waals surface area contributed by atoms with E-state index in [1.54, 1.807) is 0 Å². The van der Waals surface area contributed by atoms with Gasteiger partial charge in [-0.2, -0.15) is 5.10 Å². The highest BCUT2D eigenvalue weighted by molar-refractivity contribution is 6.31. The quantitative estimate of drug-likeness (QED) is 0.840. The Hall–Kier alpha value is -0.250. The minimum atomic E-state index is 0.517. The number of aryl methyl sites for hydroxylation is 2. The molecular formula is C14H23Cl2N3. The summed E-state index contributed by atoms with van der Waals surface area (Å²) in [5, 5.41) is 8.89. The van der Waals surface area contributed by atoms with Crippen molar-refractivity contribution in [3.8, 4) is 0 Å². The van der Waals surface area contributed by atoms with Crippen LogP contribution in [0.3, 0.4) is 0 Å². The number of hydrogen-bond donors (Lipinski definition) is 1. The SMILES string of the molecule is CCn1nc(C)c(Cl)c1CNC1CCCCC1CCl. The van der Waals surface area contributed by atoms with Crippen molar-refractivity contribution in [1.82, 2.24) is 15.1 Å². The molecule has 5 heteroatoms. The van der Waals surface area contributed by atoms with E-state index in [9.17, 15) is 0 Å². The molecule has 0 amide bonds. The van der Waals surface area contributed by atoms with E-state index in [4.69, 9.17) is 23.2 Å².